The fourth-order valence-corrected chi connectivity index (χ4v) is 1.07. The van der Waals surface area contributed by atoms with Crippen LogP contribution in [0.25, 0.3) is 0 Å². The van der Waals surface area contributed by atoms with E-state index >= 15 is 0 Å². The Balaban J connectivity index is 3.00. The van der Waals surface area contributed by atoms with E-state index in [2.05, 4.69) is 15.4 Å². The summed E-state index contributed by atoms with van der Waals surface area (Å²) in [7, 11) is 0. The minimum absolute atomic E-state index is 0.322. The highest BCUT2D eigenvalue weighted by Gasteiger charge is 2.05. The molecule has 0 fully saturated rings. The normalized spacial score (nSPS) is 10.1. The molecule has 1 aromatic heterocycles. The molecule has 0 aromatic carbocycles. The van der Waals surface area contributed by atoms with E-state index < -0.39 is 0 Å². The van der Waals surface area contributed by atoms with Crippen LogP contribution in [-0.4, -0.2) is 9.97 Å². The van der Waals surface area contributed by atoms with Crippen molar-refractivity contribution >= 4 is 23.2 Å². The maximum atomic E-state index is 5.68. The molecule has 0 unspecified atom stereocenters. The van der Waals surface area contributed by atoms with E-state index in [9.17, 15) is 0 Å². The molecule has 1 heterocycles. The molecule has 0 spiro atoms. The highest BCUT2D eigenvalue weighted by Crippen LogP contribution is 2.18. The molecule has 0 aliphatic carbocycles. The summed E-state index contributed by atoms with van der Waals surface area (Å²) in [6.45, 7) is 0.360. The molecule has 0 saturated heterocycles. The summed E-state index contributed by atoms with van der Waals surface area (Å²) in [5.74, 6) is 5.08. The molecule has 0 radical (unpaired) electrons. The molecule has 0 bridgehead atoms. The lowest BCUT2D eigenvalue weighted by atomic mass is 10.3. The SMILES string of the molecule is NNCc1c(Cl)ncnc1Cl. The summed E-state index contributed by atoms with van der Waals surface area (Å²) in [4.78, 5) is 7.47. The third kappa shape index (κ3) is 2.00. The van der Waals surface area contributed by atoms with E-state index in [1.54, 1.807) is 0 Å². The molecule has 0 atom stereocenters. The lowest BCUT2D eigenvalue weighted by Gasteiger charge is -2.02. The van der Waals surface area contributed by atoms with Gasteiger partial charge >= 0.3 is 0 Å². The second kappa shape index (κ2) is 3.82. The average Bonchev–Trinajstić information content (AvgIpc) is 1.97. The predicted octanol–water partition coefficient (Wildman–Crippen LogP) is 0.747. The van der Waals surface area contributed by atoms with Crippen LogP contribution in [-0.2, 0) is 6.54 Å². The van der Waals surface area contributed by atoms with Crippen LogP contribution in [0.3, 0.4) is 0 Å². The number of rotatable bonds is 2. The first-order valence-electron chi connectivity index (χ1n) is 2.84. The Morgan fingerprint density at radius 1 is 1.36 bits per heavy atom. The number of hydrazine groups is 1. The topological polar surface area (TPSA) is 63.8 Å². The number of halogens is 2. The van der Waals surface area contributed by atoms with Gasteiger partial charge in [0.1, 0.15) is 16.6 Å². The van der Waals surface area contributed by atoms with E-state index in [-0.39, 0.29) is 0 Å². The minimum atomic E-state index is 0.322. The summed E-state index contributed by atoms with van der Waals surface area (Å²) in [5, 5.41) is 0.644. The van der Waals surface area contributed by atoms with E-state index in [4.69, 9.17) is 29.0 Å². The lowest BCUT2D eigenvalue weighted by Crippen LogP contribution is -2.21. The van der Waals surface area contributed by atoms with Crippen LogP contribution >= 0.6 is 23.2 Å². The Kier molecular flexibility index (Phi) is 3.02. The van der Waals surface area contributed by atoms with Crippen molar-refractivity contribution in [2.45, 2.75) is 6.54 Å². The molecule has 0 aliphatic heterocycles. The van der Waals surface area contributed by atoms with E-state index in [0.717, 1.165) is 0 Å². The Bertz CT molecular complexity index is 232. The van der Waals surface area contributed by atoms with Gasteiger partial charge in [-0.05, 0) is 0 Å². The monoisotopic (exact) mass is 192 g/mol. The van der Waals surface area contributed by atoms with Gasteiger partial charge in [0.05, 0.1) is 0 Å². The van der Waals surface area contributed by atoms with Gasteiger partial charge in [-0.25, -0.2) is 9.97 Å². The Morgan fingerprint density at radius 2 is 1.91 bits per heavy atom. The van der Waals surface area contributed by atoms with Crippen molar-refractivity contribution in [3.8, 4) is 0 Å². The van der Waals surface area contributed by atoms with Crippen molar-refractivity contribution in [2.75, 3.05) is 0 Å². The highest BCUT2D eigenvalue weighted by molar-refractivity contribution is 6.34. The van der Waals surface area contributed by atoms with E-state index in [0.29, 0.717) is 22.4 Å². The molecule has 11 heavy (non-hydrogen) atoms. The minimum Gasteiger partial charge on any atom is -0.271 e. The Labute approximate surface area is 73.7 Å². The molecule has 0 saturated carbocycles. The zero-order valence-electron chi connectivity index (χ0n) is 5.51. The quantitative estimate of drug-likeness (QED) is 0.413. The molecule has 0 amide bonds. The smallest absolute Gasteiger partial charge is 0.138 e. The Hall–Kier alpha value is -0.420. The van der Waals surface area contributed by atoms with Crippen molar-refractivity contribution in [1.29, 1.82) is 0 Å². The van der Waals surface area contributed by atoms with Crippen molar-refractivity contribution in [2.24, 2.45) is 5.84 Å². The maximum Gasteiger partial charge on any atom is 0.138 e. The van der Waals surface area contributed by atoms with Gasteiger partial charge in [-0.3, -0.25) is 11.3 Å². The van der Waals surface area contributed by atoms with Gasteiger partial charge in [-0.1, -0.05) is 23.2 Å². The van der Waals surface area contributed by atoms with Crippen LogP contribution in [0.2, 0.25) is 10.3 Å². The molecule has 3 N–H and O–H groups in total. The van der Waals surface area contributed by atoms with Crippen molar-refractivity contribution in [1.82, 2.24) is 15.4 Å². The summed E-state index contributed by atoms with van der Waals surface area (Å²) in [6, 6.07) is 0. The van der Waals surface area contributed by atoms with Gasteiger partial charge in [-0.2, -0.15) is 0 Å². The zero-order chi connectivity index (χ0) is 8.27. The van der Waals surface area contributed by atoms with E-state index in [1.165, 1.54) is 6.33 Å². The first kappa shape index (κ1) is 8.67. The second-order valence-electron chi connectivity index (χ2n) is 1.81. The van der Waals surface area contributed by atoms with Crippen LogP contribution in [0.15, 0.2) is 6.33 Å². The first-order chi connectivity index (χ1) is 5.25. The first-order valence-corrected chi connectivity index (χ1v) is 3.59. The lowest BCUT2D eigenvalue weighted by molar-refractivity contribution is 0.735. The Morgan fingerprint density at radius 3 is 2.36 bits per heavy atom. The van der Waals surface area contributed by atoms with E-state index in [1.807, 2.05) is 0 Å². The zero-order valence-corrected chi connectivity index (χ0v) is 7.02. The standard InChI is InChI=1S/C5H6Cl2N4/c6-4-3(1-11-8)5(7)10-2-9-4/h2,11H,1,8H2. The third-order valence-corrected chi connectivity index (χ3v) is 1.77. The number of hydrogen-bond acceptors (Lipinski definition) is 4. The fourth-order valence-electron chi connectivity index (χ4n) is 0.619. The molecular weight excluding hydrogens is 187 g/mol. The summed E-state index contributed by atoms with van der Waals surface area (Å²) in [6.07, 6.45) is 1.30. The van der Waals surface area contributed by atoms with Gasteiger partial charge in [0.25, 0.3) is 0 Å². The highest BCUT2D eigenvalue weighted by atomic mass is 35.5. The van der Waals surface area contributed by atoms with Crippen molar-refractivity contribution < 1.29 is 0 Å². The second-order valence-corrected chi connectivity index (χ2v) is 2.53. The summed E-state index contributed by atoms with van der Waals surface area (Å²) < 4.78 is 0. The largest absolute Gasteiger partial charge is 0.271 e. The molecule has 4 nitrogen and oxygen atoms in total. The number of nitrogens with one attached hydrogen (secondary N) is 1. The van der Waals surface area contributed by atoms with Gasteiger partial charge in [0.2, 0.25) is 0 Å². The van der Waals surface area contributed by atoms with Gasteiger partial charge in [-0.15, -0.1) is 0 Å². The molecular formula is C5H6Cl2N4. The number of hydrogen-bond donors (Lipinski definition) is 2. The van der Waals surface area contributed by atoms with Gasteiger partial charge < -0.3 is 0 Å². The van der Waals surface area contributed by atoms with Gasteiger partial charge in [0.15, 0.2) is 0 Å². The summed E-state index contributed by atoms with van der Waals surface area (Å²) in [5.41, 5.74) is 3.03. The molecule has 0 aliphatic rings. The molecule has 6 heteroatoms. The summed E-state index contributed by atoms with van der Waals surface area (Å²) >= 11 is 11.4. The maximum absolute atomic E-state index is 5.68. The number of nitrogens with zero attached hydrogens (tertiary/aromatic N) is 2. The molecule has 1 aromatic rings. The number of nitrogens with two attached hydrogens (primary N) is 1. The predicted molar refractivity (Wildman–Crippen MR) is 43.1 cm³/mol. The molecule has 60 valence electrons. The number of aromatic nitrogens is 2. The van der Waals surface area contributed by atoms with Crippen LogP contribution < -0.4 is 11.3 Å². The van der Waals surface area contributed by atoms with Crippen LogP contribution in [0.4, 0.5) is 0 Å². The van der Waals surface area contributed by atoms with Crippen LogP contribution in [0.5, 0.6) is 0 Å². The molecule has 1 rings (SSSR count). The average molecular weight is 193 g/mol. The third-order valence-electron chi connectivity index (χ3n) is 1.12. The van der Waals surface area contributed by atoms with Crippen molar-refractivity contribution in [3.63, 3.8) is 0 Å². The van der Waals surface area contributed by atoms with Crippen LogP contribution in [0.1, 0.15) is 5.56 Å². The van der Waals surface area contributed by atoms with Crippen molar-refractivity contribution in [3.05, 3.63) is 22.2 Å². The van der Waals surface area contributed by atoms with Gasteiger partial charge in [0, 0.05) is 12.1 Å². The van der Waals surface area contributed by atoms with Crippen LogP contribution in [0, 0.1) is 0 Å². The fraction of sp³-hybridized carbons (Fsp3) is 0.200.